The first-order chi connectivity index (χ1) is 16.3. The summed E-state index contributed by atoms with van der Waals surface area (Å²) in [5, 5.41) is 16.3. The molecule has 1 aromatic heterocycles. The molecule has 35 heavy (non-hydrogen) atoms. The van der Waals surface area contributed by atoms with Gasteiger partial charge in [0.1, 0.15) is 18.1 Å². The topological polar surface area (TPSA) is 265 Å². The summed E-state index contributed by atoms with van der Waals surface area (Å²) < 4.78 is 0. The number of nitrogens with two attached hydrogens (primary N) is 3. The first-order valence-corrected chi connectivity index (χ1v) is 10.7. The molecule has 1 aromatic rings. The van der Waals surface area contributed by atoms with Crippen LogP contribution in [0.3, 0.4) is 0 Å². The zero-order valence-corrected chi connectivity index (χ0v) is 19.4. The Morgan fingerprint density at radius 3 is 2.00 bits per heavy atom. The molecule has 0 aliphatic rings. The number of carboxylic acids is 1. The number of carboxylic acid groups (broad SMARTS) is 1. The van der Waals surface area contributed by atoms with Crippen molar-refractivity contribution in [3.63, 3.8) is 0 Å². The Labute approximate surface area is 200 Å². The van der Waals surface area contributed by atoms with Crippen molar-refractivity contribution in [2.75, 3.05) is 0 Å². The summed E-state index contributed by atoms with van der Waals surface area (Å²) in [6.07, 6.45) is 1.50. The number of nitrogens with one attached hydrogen (secondary N) is 4. The third-order valence-corrected chi connectivity index (χ3v) is 4.97. The van der Waals surface area contributed by atoms with Crippen LogP contribution in [-0.4, -0.2) is 74.7 Å². The van der Waals surface area contributed by atoms with Gasteiger partial charge in [0.25, 0.3) is 0 Å². The summed E-state index contributed by atoms with van der Waals surface area (Å²) in [4.78, 5) is 78.7. The van der Waals surface area contributed by atoms with Crippen molar-refractivity contribution in [3.8, 4) is 0 Å². The molecule has 0 aliphatic heterocycles. The Balaban J connectivity index is 3.11. The molecule has 194 valence electrons. The van der Waals surface area contributed by atoms with Gasteiger partial charge in [0.05, 0.1) is 18.8 Å². The van der Waals surface area contributed by atoms with Crippen LogP contribution >= 0.6 is 0 Å². The smallest absolute Gasteiger partial charge is 0.326 e. The van der Waals surface area contributed by atoms with E-state index in [4.69, 9.17) is 17.2 Å². The molecule has 0 spiro atoms. The largest absolute Gasteiger partial charge is 0.480 e. The summed E-state index contributed by atoms with van der Waals surface area (Å²) in [6, 6.07) is -5.18. The molecular weight excluding hydrogens is 464 g/mol. The Morgan fingerprint density at radius 1 is 0.943 bits per heavy atom. The first kappa shape index (κ1) is 29.0. The van der Waals surface area contributed by atoms with Gasteiger partial charge in [-0.1, -0.05) is 13.8 Å². The second kappa shape index (κ2) is 13.6. The predicted octanol–water partition coefficient (Wildman–Crippen LogP) is -3.38. The van der Waals surface area contributed by atoms with Crippen LogP contribution in [0.5, 0.6) is 0 Å². The van der Waals surface area contributed by atoms with E-state index in [2.05, 4.69) is 25.9 Å². The Hall–Kier alpha value is -4.01. The lowest BCUT2D eigenvalue weighted by Gasteiger charge is -2.25. The number of H-pyrrole nitrogens is 1. The SMILES string of the molecule is CC(C)C(N)C(=O)NC(CCC(N)=O)C(=O)NC(Cc1cnc[nH]1)C(=O)NC(CC(N)=O)C(=O)O. The van der Waals surface area contributed by atoms with Crippen molar-refractivity contribution in [1.29, 1.82) is 0 Å². The number of hydrogen-bond acceptors (Lipinski definition) is 8. The summed E-state index contributed by atoms with van der Waals surface area (Å²) in [5.41, 5.74) is 16.4. The quantitative estimate of drug-likeness (QED) is 0.120. The highest BCUT2D eigenvalue weighted by atomic mass is 16.4. The fourth-order valence-electron chi connectivity index (χ4n) is 2.90. The highest BCUT2D eigenvalue weighted by Crippen LogP contribution is 2.06. The summed E-state index contributed by atoms with van der Waals surface area (Å²) in [6.45, 7) is 3.41. The highest BCUT2D eigenvalue weighted by molar-refractivity contribution is 5.95. The molecule has 0 saturated heterocycles. The molecule has 0 aliphatic carbocycles. The molecule has 4 atom stereocenters. The molecule has 1 rings (SSSR count). The molecule has 0 radical (unpaired) electrons. The van der Waals surface area contributed by atoms with Gasteiger partial charge in [0, 0.05) is 24.7 Å². The third kappa shape index (κ3) is 10.2. The van der Waals surface area contributed by atoms with Crippen LogP contribution in [-0.2, 0) is 35.2 Å². The van der Waals surface area contributed by atoms with Crippen molar-refractivity contribution in [2.45, 2.75) is 63.7 Å². The van der Waals surface area contributed by atoms with E-state index in [0.29, 0.717) is 5.69 Å². The van der Waals surface area contributed by atoms with Gasteiger partial charge in [-0.05, 0) is 12.3 Å². The van der Waals surface area contributed by atoms with Crippen molar-refractivity contribution in [3.05, 3.63) is 18.2 Å². The van der Waals surface area contributed by atoms with Crippen LogP contribution < -0.4 is 33.2 Å². The van der Waals surface area contributed by atoms with Gasteiger partial charge in [-0.2, -0.15) is 0 Å². The van der Waals surface area contributed by atoms with Gasteiger partial charge < -0.3 is 43.2 Å². The number of imidazole rings is 1. The van der Waals surface area contributed by atoms with Crippen LogP contribution in [0, 0.1) is 5.92 Å². The van der Waals surface area contributed by atoms with E-state index in [1.54, 1.807) is 13.8 Å². The molecule has 0 fully saturated rings. The van der Waals surface area contributed by atoms with Crippen LogP contribution in [0.2, 0.25) is 0 Å². The fourth-order valence-corrected chi connectivity index (χ4v) is 2.90. The molecule has 15 heteroatoms. The molecule has 5 amide bonds. The third-order valence-electron chi connectivity index (χ3n) is 4.97. The summed E-state index contributed by atoms with van der Waals surface area (Å²) >= 11 is 0. The van der Waals surface area contributed by atoms with Crippen molar-refractivity contribution in [2.24, 2.45) is 23.1 Å². The second-order valence-electron chi connectivity index (χ2n) is 8.25. The maximum absolute atomic E-state index is 13.0. The lowest BCUT2D eigenvalue weighted by Crippen LogP contribution is -2.58. The van der Waals surface area contributed by atoms with Crippen molar-refractivity contribution in [1.82, 2.24) is 25.9 Å². The normalized spacial score (nSPS) is 14.3. The molecule has 0 aromatic carbocycles. The number of rotatable bonds is 15. The predicted molar refractivity (Wildman–Crippen MR) is 121 cm³/mol. The van der Waals surface area contributed by atoms with E-state index >= 15 is 0 Å². The monoisotopic (exact) mass is 496 g/mol. The van der Waals surface area contributed by atoms with E-state index < -0.39 is 66.1 Å². The first-order valence-electron chi connectivity index (χ1n) is 10.7. The van der Waals surface area contributed by atoms with Crippen molar-refractivity contribution >= 4 is 35.5 Å². The minimum absolute atomic E-state index is 0.136. The molecule has 1 heterocycles. The van der Waals surface area contributed by atoms with Gasteiger partial charge in [-0.25, -0.2) is 9.78 Å². The number of aliphatic carboxylic acids is 1. The number of aromatic nitrogens is 2. The summed E-state index contributed by atoms with van der Waals surface area (Å²) in [5.74, 6) is -5.83. The Morgan fingerprint density at radius 2 is 1.51 bits per heavy atom. The zero-order chi connectivity index (χ0) is 26.7. The van der Waals surface area contributed by atoms with E-state index in [1.807, 2.05) is 0 Å². The number of carbonyl (C=O) groups is 6. The minimum atomic E-state index is -1.63. The van der Waals surface area contributed by atoms with Gasteiger partial charge >= 0.3 is 5.97 Å². The molecule has 15 nitrogen and oxygen atoms in total. The van der Waals surface area contributed by atoms with Gasteiger partial charge in [0.2, 0.25) is 29.5 Å². The number of aromatic amines is 1. The molecular formula is C20H32N8O7. The van der Waals surface area contributed by atoms with Gasteiger partial charge in [-0.15, -0.1) is 0 Å². The van der Waals surface area contributed by atoms with Crippen LogP contribution in [0.25, 0.3) is 0 Å². The van der Waals surface area contributed by atoms with Crippen LogP contribution in [0.1, 0.15) is 38.8 Å². The lowest BCUT2D eigenvalue weighted by atomic mass is 10.0. The average molecular weight is 497 g/mol. The number of amides is 5. The second-order valence-corrected chi connectivity index (χ2v) is 8.25. The van der Waals surface area contributed by atoms with E-state index in [1.165, 1.54) is 12.5 Å². The number of carbonyl (C=O) groups excluding carboxylic acids is 5. The van der Waals surface area contributed by atoms with Crippen molar-refractivity contribution < 1.29 is 33.9 Å². The van der Waals surface area contributed by atoms with Crippen LogP contribution in [0.4, 0.5) is 0 Å². The fraction of sp³-hybridized carbons (Fsp3) is 0.550. The van der Waals surface area contributed by atoms with E-state index in [-0.39, 0.29) is 25.2 Å². The lowest BCUT2D eigenvalue weighted by molar-refractivity contribution is -0.143. The van der Waals surface area contributed by atoms with Gasteiger partial charge in [-0.3, -0.25) is 24.0 Å². The van der Waals surface area contributed by atoms with E-state index in [9.17, 15) is 33.9 Å². The Bertz CT molecular complexity index is 919. The molecule has 0 bridgehead atoms. The van der Waals surface area contributed by atoms with Crippen LogP contribution in [0.15, 0.2) is 12.5 Å². The van der Waals surface area contributed by atoms with E-state index in [0.717, 1.165) is 0 Å². The average Bonchev–Trinajstić information content (AvgIpc) is 3.27. The minimum Gasteiger partial charge on any atom is -0.480 e. The molecule has 11 N–H and O–H groups in total. The Kier molecular flexibility index (Phi) is 11.3. The maximum Gasteiger partial charge on any atom is 0.326 e. The van der Waals surface area contributed by atoms with Gasteiger partial charge in [0.15, 0.2) is 0 Å². The number of hydrogen-bond donors (Lipinski definition) is 8. The number of primary amides is 2. The maximum atomic E-state index is 13.0. The highest BCUT2D eigenvalue weighted by Gasteiger charge is 2.31. The molecule has 0 saturated carbocycles. The molecule has 4 unspecified atom stereocenters. The zero-order valence-electron chi connectivity index (χ0n) is 19.4. The summed E-state index contributed by atoms with van der Waals surface area (Å²) in [7, 11) is 0. The number of nitrogens with zero attached hydrogens (tertiary/aromatic N) is 1. The standard InChI is InChI=1S/C20H32N8O7/c1-9(2)16(23)19(33)26-11(3-4-14(21)29)17(31)27-12(5-10-7-24-8-25-10)18(32)28-13(20(34)35)6-15(22)30/h7-9,11-13,16H,3-6,23H2,1-2H3,(H2,21,29)(H2,22,30)(H,24,25)(H,26,33)(H,27,31)(H,28,32)(H,34,35).